The van der Waals surface area contributed by atoms with Crippen LogP contribution in [0.1, 0.15) is 54.0 Å². The first-order valence-corrected chi connectivity index (χ1v) is 11.1. The molecule has 0 spiro atoms. The zero-order chi connectivity index (χ0) is 26.4. The zero-order valence-corrected chi connectivity index (χ0v) is 21.1. The minimum Gasteiger partial charge on any atom is -0.478 e. The third-order valence-electron chi connectivity index (χ3n) is 4.10. The fourth-order valence-corrected chi connectivity index (χ4v) is 2.81. The number of benzene rings is 1. The highest BCUT2D eigenvalue weighted by Gasteiger charge is 2.31. The molecule has 0 aliphatic rings. The summed E-state index contributed by atoms with van der Waals surface area (Å²) in [6.07, 6.45) is -1.71. The molecule has 1 heterocycles. The second-order valence-electron chi connectivity index (χ2n) is 9.58. The molecule has 0 saturated heterocycles. The van der Waals surface area contributed by atoms with E-state index in [1.807, 2.05) is 0 Å². The Morgan fingerprint density at radius 2 is 1.63 bits per heavy atom. The molecule has 0 atom stereocenters. The van der Waals surface area contributed by atoms with Gasteiger partial charge in [0.2, 0.25) is 11.7 Å². The van der Waals surface area contributed by atoms with Gasteiger partial charge in [-0.15, -0.1) is 0 Å². The Morgan fingerprint density at radius 1 is 1.03 bits per heavy atom. The van der Waals surface area contributed by atoms with Crippen LogP contribution in [-0.4, -0.2) is 44.8 Å². The predicted octanol–water partition coefficient (Wildman–Crippen LogP) is 5.80. The Kier molecular flexibility index (Phi) is 8.62. The number of hydrogen-bond acceptors (Lipinski definition) is 9. The van der Waals surface area contributed by atoms with E-state index >= 15 is 0 Å². The molecule has 0 fully saturated rings. The van der Waals surface area contributed by atoms with Crippen molar-refractivity contribution in [3.63, 3.8) is 0 Å². The largest absolute Gasteiger partial charge is 0.478 e. The summed E-state index contributed by atoms with van der Waals surface area (Å²) < 4.78 is 16.1. The average molecular weight is 489 g/mol. The topological polar surface area (TPSA) is 133 Å². The van der Waals surface area contributed by atoms with Gasteiger partial charge in [-0.05, 0) is 66.2 Å². The molecule has 2 aromatic rings. The van der Waals surface area contributed by atoms with E-state index in [-0.39, 0.29) is 23.9 Å². The van der Waals surface area contributed by atoms with Gasteiger partial charge >= 0.3 is 17.9 Å². The van der Waals surface area contributed by atoms with E-state index in [1.54, 1.807) is 72.7 Å². The van der Waals surface area contributed by atoms with Crippen LogP contribution in [0.25, 0.3) is 0 Å². The monoisotopic (exact) mass is 488 g/mol. The van der Waals surface area contributed by atoms with Gasteiger partial charge in [0, 0.05) is 17.8 Å². The molecule has 0 saturated carbocycles. The first-order chi connectivity index (χ1) is 16.2. The molecule has 0 unspecified atom stereocenters. The molecule has 0 radical (unpaired) electrons. The van der Waals surface area contributed by atoms with Crippen molar-refractivity contribution in [1.82, 2.24) is 9.88 Å². The van der Waals surface area contributed by atoms with Gasteiger partial charge in [0.1, 0.15) is 11.2 Å². The highest BCUT2D eigenvalue weighted by molar-refractivity contribution is 5.88. The molecule has 1 N–H and O–H groups in total. The minimum absolute atomic E-state index is 0.00533. The van der Waals surface area contributed by atoms with Gasteiger partial charge in [-0.3, -0.25) is 10.1 Å². The van der Waals surface area contributed by atoms with Crippen molar-refractivity contribution in [3.05, 3.63) is 52.1 Å². The number of anilines is 2. The first kappa shape index (κ1) is 27.4. The van der Waals surface area contributed by atoms with Crippen molar-refractivity contribution in [2.45, 2.75) is 66.2 Å². The van der Waals surface area contributed by atoms with E-state index in [1.165, 1.54) is 12.1 Å². The van der Waals surface area contributed by atoms with Crippen molar-refractivity contribution >= 4 is 29.4 Å². The number of aromatic nitrogens is 1. The maximum absolute atomic E-state index is 12.8. The number of amides is 2. The van der Waals surface area contributed by atoms with Crippen LogP contribution in [0.3, 0.4) is 0 Å². The van der Waals surface area contributed by atoms with Crippen molar-refractivity contribution in [1.29, 1.82) is 0 Å². The van der Waals surface area contributed by atoms with Crippen molar-refractivity contribution in [2.24, 2.45) is 0 Å². The minimum atomic E-state index is -0.855. The number of ether oxygens (including phenoxy) is 3. The fraction of sp³-hybridized carbons (Fsp3) is 0.458. The van der Waals surface area contributed by atoms with Crippen molar-refractivity contribution < 1.29 is 28.7 Å². The average Bonchev–Trinajstić information content (AvgIpc) is 2.70. The molecule has 11 heteroatoms. The summed E-state index contributed by atoms with van der Waals surface area (Å²) in [6.45, 7) is 12.1. The Bertz CT molecular complexity index is 1050. The smallest absolute Gasteiger partial charge is 0.420 e. The number of pyridine rings is 1. The van der Waals surface area contributed by atoms with Gasteiger partial charge in [0.05, 0.1) is 18.1 Å². The normalized spacial score (nSPS) is 11.4. The number of rotatable bonds is 7. The van der Waals surface area contributed by atoms with Crippen LogP contribution >= 0.6 is 0 Å². The Balaban J connectivity index is 2.34. The number of imide groups is 1. The number of nitro groups is 1. The molecular formula is C24H32N4O7. The lowest BCUT2D eigenvalue weighted by molar-refractivity contribution is -0.384. The summed E-state index contributed by atoms with van der Waals surface area (Å²) in [5.41, 5.74) is -0.869. The molecule has 2 amide bonds. The van der Waals surface area contributed by atoms with Gasteiger partial charge in [-0.25, -0.2) is 14.5 Å². The molecule has 0 aliphatic carbocycles. The van der Waals surface area contributed by atoms with E-state index < -0.39 is 28.3 Å². The van der Waals surface area contributed by atoms with Crippen LogP contribution in [0.2, 0.25) is 0 Å². The van der Waals surface area contributed by atoms with E-state index in [9.17, 15) is 19.7 Å². The van der Waals surface area contributed by atoms with Gasteiger partial charge in [-0.2, -0.15) is 4.98 Å². The molecule has 1 aromatic heterocycles. The Hall–Kier alpha value is -3.89. The number of carbonyl (C=O) groups is 2. The maximum atomic E-state index is 12.8. The maximum Gasteiger partial charge on any atom is 0.420 e. The second-order valence-corrected chi connectivity index (χ2v) is 9.58. The molecular weight excluding hydrogens is 456 g/mol. The van der Waals surface area contributed by atoms with Gasteiger partial charge in [0.15, 0.2) is 0 Å². The molecule has 11 nitrogen and oxygen atoms in total. The van der Waals surface area contributed by atoms with E-state index in [0.717, 1.165) is 4.90 Å². The first-order valence-electron chi connectivity index (χ1n) is 11.1. The van der Waals surface area contributed by atoms with Crippen LogP contribution in [0, 0.1) is 10.1 Å². The third-order valence-corrected chi connectivity index (χ3v) is 4.10. The van der Waals surface area contributed by atoms with Gasteiger partial charge < -0.3 is 19.5 Å². The lowest BCUT2D eigenvalue weighted by Crippen LogP contribution is -2.43. The lowest BCUT2D eigenvalue weighted by atomic mass is 10.2. The molecule has 190 valence electrons. The molecule has 2 rings (SSSR count). The Morgan fingerprint density at radius 3 is 2.14 bits per heavy atom. The SMILES string of the molecule is CCOc1ccc([N+](=O)[O-])c(Nc2cccc(CN(C(=O)OC(C)(C)C)C(=O)OC(C)(C)C)c2)n1. The quantitative estimate of drug-likeness (QED) is 0.379. The van der Waals surface area contributed by atoms with Crippen LogP contribution in [-0.2, 0) is 16.0 Å². The number of nitrogens with zero attached hydrogens (tertiary/aromatic N) is 3. The number of carbonyl (C=O) groups excluding carboxylic acids is 2. The molecule has 0 aliphatic heterocycles. The number of nitrogens with one attached hydrogen (secondary N) is 1. The van der Waals surface area contributed by atoms with Gasteiger partial charge in [0.25, 0.3) is 0 Å². The molecule has 1 aromatic carbocycles. The highest BCUT2D eigenvalue weighted by Crippen LogP contribution is 2.29. The third kappa shape index (κ3) is 8.76. The highest BCUT2D eigenvalue weighted by atomic mass is 16.6. The summed E-state index contributed by atoms with van der Waals surface area (Å²) >= 11 is 0. The molecule has 35 heavy (non-hydrogen) atoms. The van der Waals surface area contributed by atoms with Crippen LogP contribution in [0.5, 0.6) is 5.88 Å². The second kappa shape index (κ2) is 11.0. The summed E-state index contributed by atoms with van der Waals surface area (Å²) in [7, 11) is 0. The summed E-state index contributed by atoms with van der Waals surface area (Å²) in [5.74, 6) is 0.229. The van der Waals surface area contributed by atoms with Crippen LogP contribution in [0.4, 0.5) is 26.8 Å². The Labute approximate surface area is 204 Å². The summed E-state index contributed by atoms with van der Waals surface area (Å²) in [4.78, 5) is 41.5. The zero-order valence-electron chi connectivity index (χ0n) is 21.1. The van der Waals surface area contributed by atoms with E-state index in [4.69, 9.17) is 14.2 Å². The van der Waals surface area contributed by atoms with Crippen LogP contribution < -0.4 is 10.1 Å². The van der Waals surface area contributed by atoms with Crippen LogP contribution in [0.15, 0.2) is 36.4 Å². The number of hydrogen-bond donors (Lipinski definition) is 1. The van der Waals surface area contributed by atoms with Gasteiger partial charge in [-0.1, -0.05) is 12.1 Å². The fourth-order valence-electron chi connectivity index (χ4n) is 2.81. The predicted molar refractivity (Wildman–Crippen MR) is 130 cm³/mol. The summed E-state index contributed by atoms with van der Waals surface area (Å²) in [6, 6.07) is 9.41. The lowest BCUT2D eigenvalue weighted by Gasteiger charge is -2.28. The van der Waals surface area contributed by atoms with Crippen molar-refractivity contribution in [2.75, 3.05) is 11.9 Å². The standard InChI is InChI=1S/C24H32N4O7/c1-8-33-19-13-12-18(28(31)32)20(26-19)25-17-11-9-10-16(14-17)15-27(21(29)34-23(2,3)4)22(30)35-24(5,6)7/h9-14H,8,15H2,1-7H3,(H,25,26). The van der Waals surface area contributed by atoms with E-state index in [2.05, 4.69) is 10.3 Å². The summed E-state index contributed by atoms with van der Waals surface area (Å²) in [5, 5.41) is 14.4. The van der Waals surface area contributed by atoms with E-state index in [0.29, 0.717) is 17.9 Å². The van der Waals surface area contributed by atoms with Crippen molar-refractivity contribution in [3.8, 4) is 5.88 Å². The molecule has 0 bridgehead atoms.